The van der Waals surface area contributed by atoms with Crippen molar-refractivity contribution in [3.63, 3.8) is 0 Å². The number of rotatable bonds is 4. The molecule has 0 aliphatic carbocycles. The molecule has 1 aliphatic heterocycles. The first-order valence-corrected chi connectivity index (χ1v) is 8.62. The van der Waals surface area contributed by atoms with Crippen molar-refractivity contribution in [2.24, 2.45) is 5.92 Å². The first-order valence-electron chi connectivity index (χ1n) is 6.73. The van der Waals surface area contributed by atoms with Gasteiger partial charge in [0.1, 0.15) is 5.75 Å². The molecule has 1 saturated heterocycles. The molecule has 1 fully saturated rings. The number of aromatic hydroxyl groups is 1. The number of nitrogens with zero attached hydrogens (tertiary/aromatic N) is 2. The van der Waals surface area contributed by atoms with E-state index in [0.29, 0.717) is 25.2 Å². The highest BCUT2D eigenvalue weighted by molar-refractivity contribution is 7.88. The van der Waals surface area contributed by atoms with Gasteiger partial charge in [-0.1, -0.05) is 0 Å². The summed E-state index contributed by atoms with van der Waals surface area (Å²) in [4.78, 5) is 17.8. The Morgan fingerprint density at radius 2 is 2.29 bits per heavy atom. The molecular formula is C13H19N3O4S. The number of amides is 1. The number of hydrogen-bond acceptors (Lipinski definition) is 5. The molecular weight excluding hydrogens is 294 g/mol. The Labute approximate surface area is 124 Å². The molecule has 0 radical (unpaired) electrons. The molecule has 116 valence electrons. The molecule has 2 heterocycles. The highest BCUT2D eigenvalue weighted by Gasteiger charge is 2.25. The van der Waals surface area contributed by atoms with Gasteiger partial charge in [-0.05, 0) is 24.8 Å². The highest BCUT2D eigenvalue weighted by atomic mass is 32.2. The van der Waals surface area contributed by atoms with Gasteiger partial charge in [-0.25, -0.2) is 13.1 Å². The van der Waals surface area contributed by atoms with E-state index in [1.807, 2.05) is 0 Å². The van der Waals surface area contributed by atoms with Gasteiger partial charge in [0.15, 0.2) is 0 Å². The summed E-state index contributed by atoms with van der Waals surface area (Å²) >= 11 is 0. The van der Waals surface area contributed by atoms with Crippen molar-refractivity contribution in [2.45, 2.75) is 12.8 Å². The van der Waals surface area contributed by atoms with Gasteiger partial charge in [0.25, 0.3) is 5.91 Å². The fourth-order valence-corrected chi connectivity index (χ4v) is 2.95. The van der Waals surface area contributed by atoms with E-state index in [9.17, 15) is 18.3 Å². The van der Waals surface area contributed by atoms with E-state index in [0.717, 1.165) is 19.1 Å². The molecule has 2 N–H and O–H groups in total. The van der Waals surface area contributed by atoms with E-state index in [-0.39, 0.29) is 17.6 Å². The zero-order valence-corrected chi connectivity index (χ0v) is 12.6. The van der Waals surface area contributed by atoms with E-state index < -0.39 is 10.0 Å². The second-order valence-corrected chi connectivity index (χ2v) is 7.14. The van der Waals surface area contributed by atoms with Crippen LogP contribution in [0.3, 0.4) is 0 Å². The van der Waals surface area contributed by atoms with E-state index in [1.165, 1.54) is 18.5 Å². The third-order valence-corrected chi connectivity index (χ3v) is 4.10. The summed E-state index contributed by atoms with van der Waals surface area (Å²) in [6.45, 7) is 1.46. The normalized spacial score (nSPS) is 19.5. The molecule has 0 spiro atoms. The minimum atomic E-state index is -3.22. The minimum Gasteiger partial charge on any atom is -0.506 e. The molecule has 1 aromatic heterocycles. The van der Waals surface area contributed by atoms with Gasteiger partial charge in [0.2, 0.25) is 10.0 Å². The van der Waals surface area contributed by atoms with Gasteiger partial charge < -0.3 is 10.0 Å². The topological polar surface area (TPSA) is 99.6 Å². The smallest absolute Gasteiger partial charge is 0.255 e. The second kappa shape index (κ2) is 6.40. The lowest BCUT2D eigenvalue weighted by molar-refractivity contribution is 0.0675. The van der Waals surface area contributed by atoms with E-state index >= 15 is 0 Å². The maximum atomic E-state index is 12.3. The quantitative estimate of drug-likeness (QED) is 0.826. The first kappa shape index (κ1) is 15.7. The number of pyridine rings is 1. The fourth-order valence-electron chi connectivity index (χ4n) is 2.41. The van der Waals surface area contributed by atoms with Crippen LogP contribution in [0.1, 0.15) is 23.2 Å². The summed E-state index contributed by atoms with van der Waals surface area (Å²) < 4.78 is 24.7. The maximum Gasteiger partial charge on any atom is 0.255 e. The van der Waals surface area contributed by atoms with Crippen molar-refractivity contribution in [3.8, 4) is 5.75 Å². The summed E-state index contributed by atoms with van der Waals surface area (Å²) in [5.41, 5.74) is 0.340. The molecule has 2 rings (SSSR count). The summed E-state index contributed by atoms with van der Waals surface area (Å²) in [6, 6.07) is 1.38. The van der Waals surface area contributed by atoms with Gasteiger partial charge >= 0.3 is 0 Å². The average molecular weight is 313 g/mol. The lowest BCUT2D eigenvalue weighted by atomic mass is 9.98. The number of aromatic nitrogens is 1. The van der Waals surface area contributed by atoms with E-state index in [1.54, 1.807) is 4.90 Å². The van der Waals surface area contributed by atoms with Crippen molar-refractivity contribution >= 4 is 15.9 Å². The lowest BCUT2D eigenvalue weighted by Gasteiger charge is -2.32. The van der Waals surface area contributed by atoms with Gasteiger partial charge in [-0.2, -0.15) is 0 Å². The van der Waals surface area contributed by atoms with Crippen molar-refractivity contribution in [3.05, 3.63) is 24.0 Å². The van der Waals surface area contributed by atoms with Crippen LogP contribution in [0.4, 0.5) is 0 Å². The van der Waals surface area contributed by atoms with Crippen LogP contribution in [0.15, 0.2) is 18.5 Å². The molecule has 1 aromatic rings. The van der Waals surface area contributed by atoms with Crippen LogP contribution in [-0.4, -0.2) is 55.2 Å². The third-order valence-electron chi connectivity index (χ3n) is 3.41. The Morgan fingerprint density at radius 1 is 1.52 bits per heavy atom. The number of piperidine rings is 1. The Kier molecular flexibility index (Phi) is 4.79. The Bertz CT molecular complexity index is 618. The molecule has 0 saturated carbocycles. The molecule has 1 unspecified atom stereocenters. The van der Waals surface area contributed by atoms with Crippen LogP contribution >= 0.6 is 0 Å². The van der Waals surface area contributed by atoms with Crippen LogP contribution < -0.4 is 4.72 Å². The zero-order valence-electron chi connectivity index (χ0n) is 11.8. The summed E-state index contributed by atoms with van der Waals surface area (Å²) in [7, 11) is -3.22. The molecule has 21 heavy (non-hydrogen) atoms. The zero-order chi connectivity index (χ0) is 15.5. The maximum absolute atomic E-state index is 12.3. The van der Waals surface area contributed by atoms with Gasteiger partial charge in [-0.15, -0.1) is 0 Å². The van der Waals surface area contributed by atoms with Crippen molar-refractivity contribution in [1.29, 1.82) is 0 Å². The SMILES string of the molecule is CS(=O)(=O)NCC1CCCN(C(=O)c2cncc(O)c2)C1. The molecule has 0 bridgehead atoms. The number of carbonyl (C=O) groups excluding carboxylic acids is 1. The summed E-state index contributed by atoms with van der Waals surface area (Å²) in [5, 5.41) is 9.38. The van der Waals surface area contributed by atoms with Crippen LogP contribution in [0, 0.1) is 5.92 Å². The fraction of sp³-hybridized carbons (Fsp3) is 0.538. The highest BCUT2D eigenvalue weighted by Crippen LogP contribution is 2.19. The molecule has 1 aliphatic rings. The third kappa shape index (κ3) is 4.68. The standard InChI is InChI=1S/C13H19N3O4S/c1-21(19,20)15-6-10-3-2-4-16(9-10)13(18)11-5-12(17)8-14-7-11/h5,7-8,10,15,17H,2-4,6,9H2,1H3. The molecule has 7 nitrogen and oxygen atoms in total. The molecule has 8 heteroatoms. The van der Waals surface area contributed by atoms with Crippen LogP contribution in [0.2, 0.25) is 0 Å². The molecule has 1 atom stereocenters. The van der Waals surface area contributed by atoms with Gasteiger partial charge in [0, 0.05) is 25.8 Å². The Hall–Kier alpha value is -1.67. The van der Waals surface area contributed by atoms with E-state index in [2.05, 4.69) is 9.71 Å². The number of sulfonamides is 1. The summed E-state index contributed by atoms with van der Waals surface area (Å²) in [6.07, 6.45) is 5.52. The van der Waals surface area contributed by atoms with Gasteiger partial charge in [-0.3, -0.25) is 9.78 Å². The Morgan fingerprint density at radius 3 is 2.95 bits per heavy atom. The Balaban J connectivity index is 1.99. The average Bonchev–Trinajstić information content (AvgIpc) is 2.44. The van der Waals surface area contributed by atoms with Crippen molar-refractivity contribution in [2.75, 3.05) is 25.9 Å². The van der Waals surface area contributed by atoms with Crippen LogP contribution in [0.5, 0.6) is 5.75 Å². The number of likely N-dealkylation sites (tertiary alicyclic amines) is 1. The van der Waals surface area contributed by atoms with Crippen LogP contribution in [-0.2, 0) is 10.0 Å². The predicted octanol–water partition coefficient (Wildman–Crippen LogP) is 0.189. The number of hydrogen-bond donors (Lipinski definition) is 2. The summed E-state index contributed by atoms with van der Waals surface area (Å²) in [5.74, 6) is -0.140. The monoisotopic (exact) mass is 313 g/mol. The molecule has 0 aromatic carbocycles. The molecule has 1 amide bonds. The number of nitrogens with one attached hydrogen (secondary N) is 1. The largest absolute Gasteiger partial charge is 0.506 e. The van der Waals surface area contributed by atoms with Gasteiger partial charge in [0.05, 0.1) is 18.0 Å². The number of carbonyl (C=O) groups is 1. The van der Waals surface area contributed by atoms with Crippen molar-refractivity contribution in [1.82, 2.24) is 14.6 Å². The second-order valence-electron chi connectivity index (χ2n) is 5.31. The predicted molar refractivity (Wildman–Crippen MR) is 77.4 cm³/mol. The van der Waals surface area contributed by atoms with Crippen LogP contribution in [0.25, 0.3) is 0 Å². The van der Waals surface area contributed by atoms with E-state index in [4.69, 9.17) is 0 Å². The minimum absolute atomic E-state index is 0.0480. The lowest BCUT2D eigenvalue weighted by Crippen LogP contribution is -2.43. The first-order chi connectivity index (χ1) is 9.85. The van der Waals surface area contributed by atoms with Crippen molar-refractivity contribution < 1.29 is 18.3 Å².